The quantitative estimate of drug-likeness (QED) is 0.565. The summed E-state index contributed by atoms with van der Waals surface area (Å²) in [5.74, 6) is -4.51. The van der Waals surface area contributed by atoms with Crippen LogP contribution in [0.5, 0.6) is 0 Å². The van der Waals surface area contributed by atoms with E-state index in [1.807, 2.05) is 19.0 Å². The topological polar surface area (TPSA) is 105 Å². The minimum absolute atomic E-state index is 0. The molecule has 1 fully saturated rings. The molecule has 0 saturated carbocycles. The average molecular weight is 470 g/mol. The third-order valence-corrected chi connectivity index (χ3v) is 5.36. The third kappa shape index (κ3) is 3.73. The summed E-state index contributed by atoms with van der Waals surface area (Å²) >= 11 is 0. The number of fused-ring (bicyclic) bond motifs is 1. The van der Waals surface area contributed by atoms with Crippen molar-refractivity contribution in [2.75, 3.05) is 37.8 Å². The van der Waals surface area contributed by atoms with E-state index in [2.05, 4.69) is 4.98 Å². The molecule has 8 nitrogen and oxygen atoms in total. The standard InChI is InChI=1S/C20H18F3N5O3.ClH/c1-26(2)9-6-27(7-9)19-14(23)3-10-17(29)11(20(30)31)8-28(18(10)25-19)16-5-15(24)12(21)4-13(16)22;/h3-5,8-9H,6-7,24H2,1-2H3,(H,30,31);1H. The number of aromatic carboxylic acids is 1. The first-order valence-electron chi connectivity index (χ1n) is 9.24. The molecular formula is C20H19ClF3N5O3. The summed E-state index contributed by atoms with van der Waals surface area (Å²) in [4.78, 5) is 32.0. The number of hydrogen-bond acceptors (Lipinski definition) is 6. The smallest absolute Gasteiger partial charge is 0.341 e. The van der Waals surface area contributed by atoms with Crippen LogP contribution in [0.3, 0.4) is 0 Å². The molecule has 0 aliphatic carbocycles. The number of benzene rings is 1. The minimum Gasteiger partial charge on any atom is -0.477 e. The number of nitrogens with two attached hydrogens (primary N) is 1. The number of hydrogen-bond donors (Lipinski definition) is 2. The van der Waals surface area contributed by atoms with E-state index in [-0.39, 0.29) is 46.7 Å². The number of carboxylic acids is 1. The summed E-state index contributed by atoms with van der Waals surface area (Å²) in [5, 5.41) is 9.03. The van der Waals surface area contributed by atoms with E-state index in [9.17, 15) is 27.9 Å². The van der Waals surface area contributed by atoms with Crippen LogP contribution in [0.1, 0.15) is 10.4 Å². The Morgan fingerprint density at radius 3 is 2.41 bits per heavy atom. The molecule has 2 aromatic heterocycles. The fourth-order valence-electron chi connectivity index (χ4n) is 3.47. The Morgan fingerprint density at radius 1 is 1.16 bits per heavy atom. The van der Waals surface area contributed by atoms with Crippen LogP contribution in [-0.4, -0.2) is 58.8 Å². The first-order chi connectivity index (χ1) is 14.6. The maximum Gasteiger partial charge on any atom is 0.341 e. The van der Waals surface area contributed by atoms with E-state index in [1.54, 1.807) is 4.90 Å². The maximum atomic E-state index is 14.8. The molecule has 1 aromatic carbocycles. The number of halogens is 4. The second-order valence-corrected chi connectivity index (χ2v) is 7.56. The largest absolute Gasteiger partial charge is 0.477 e. The molecule has 0 amide bonds. The molecule has 1 saturated heterocycles. The van der Waals surface area contributed by atoms with Crippen molar-refractivity contribution in [2.45, 2.75) is 6.04 Å². The Labute approximate surface area is 186 Å². The number of carbonyl (C=O) groups is 1. The fourth-order valence-corrected chi connectivity index (χ4v) is 3.47. The summed E-state index contributed by atoms with van der Waals surface area (Å²) in [6.45, 7) is 0.968. The number of carboxylic acid groups (broad SMARTS) is 1. The van der Waals surface area contributed by atoms with Gasteiger partial charge in [0, 0.05) is 31.4 Å². The number of rotatable bonds is 4. The Kier molecular flexibility index (Phi) is 6.07. The van der Waals surface area contributed by atoms with Crippen LogP contribution in [-0.2, 0) is 0 Å². The number of pyridine rings is 2. The van der Waals surface area contributed by atoms with Crippen molar-refractivity contribution >= 4 is 40.9 Å². The highest BCUT2D eigenvalue weighted by molar-refractivity contribution is 5.92. The molecule has 12 heteroatoms. The highest BCUT2D eigenvalue weighted by Gasteiger charge is 2.32. The first kappa shape index (κ1) is 23.4. The molecule has 0 bridgehead atoms. The molecule has 1 aliphatic heterocycles. The molecule has 3 N–H and O–H groups in total. The Balaban J connectivity index is 0.00000289. The van der Waals surface area contributed by atoms with Gasteiger partial charge in [-0.3, -0.25) is 9.36 Å². The number of nitrogens with zero attached hydrogens (tertiary/aromatic N) is 4. The van der Waals surface area contributed by atoms with Gasteiger partial charge in [0.15, 0.2) is 17.3 Å². The highest BCUT2D eigenvalue weighted by atomic mass is 35.5. The molecule has 0 spiro atoms. The van der Waals surface area contributed by atoms with Crippen LogP contribution in [0.4, 0.5) is 24.7 Å². The average Bonchev–Trinajstić information content (AvgIpc) is 2.64. The van der Waals surface area contributed by atoms with Crippen LogP contribution >= 0.6 is 12.4 Å². The van der Waals surface area contributed by atoms with Crippen LogP contribution in [0, 0.1) is 17.5 Å². The molecular weight excluding hydrogens is 451 g/mol. The number of aromatic nitrogens is 2. The summed E-state index contributed by atoms with van der Waals surface area (Å²) in [6.07, 6.45) is 0.871. The lowest BCUT2D eigenvalue weighted by molar-refractivity contribution is 0.0695. The summed E-state index contributed by atoms with van der Waals surface area (Å²) in [5.41, 5.74) is 2.96. The van der Waals surface area contributed by atoms with Crippen molar-refractivity contribution in [3.05, 3.63) is 57.6 Å². The Bertz CT molecular complexity index is 1290. The van der Waals surface area contributed by atoms with Gasteiger partial charge in [-0.05, 0) is 26.2 Å². The van der Waals surface area contributed by atoms with Crippen LogP contribution in [0.15, 0.2) is 29.2 Å². The van der Waals surface area contributed by atoms with Crippen LogP contribution in [0.25, 0.3) is 16.7 Å². The van der Waals surface area contributed by atoms with E-state index in [4.69, 9.17) is 5.73 Å². The predicted molar refractivity (Wildman–Crippen MR) is 116 cm³/mol. The number of nitrogen functional groups attached to an aromatic ring is 1. The van der Waals surface area contributed by atoms with Gasteiger partial charge in [-0.25, -0.2) is 22.9 Å². The first-order valence-corrected chi connectivity index (χ1v) is 9.24. The summed E-state index contributed by atoms with van der Waals surface area (Å²) < 4.78 is 44.0. The molecule has 170 valence electrons. The van der Waals surface area contributed by atoms with Gasteiger partial charge in [-0.15, -0.1) is 12.4 Å². The highest BCUT2D eigenvalue weighted by Crippen LogP contribution is 2.29. The van der Waals surface area contributed by atoms with Gasteiger partial charge in [0.05, 0.1) is 16.8 Å². The van der Waals surface area contributed by atoms with Gasteiger partial charge < -0.3 is 20.6 Å². The third-order valence-electron chi connectivity index (χ3n) is 5.36. The zero-order chi connectivity index (χ0) is 22.6. The van der Waals surface area contributed by atoms with Gasteiger partial charge in [0.1, 0.15) is 17.2 Å². The van der Waals surface area contributed by atoms with Crippen LogP contribution < -0.4 is 16.1 Å². The zero-order valence-corrected chi connectivity index (χ0v) is 17.8. The number of likely N-dealkylation sites (N-methyl/N-ethyl adjacent to an activating group) is 1. The van der Waals surface area contributed by atoms with Gasteiger partial charge in [0.25, 0.3) is 0 Å². The number of anilines is 2. The lowest BCUT2D eigenvalue weighted by atomic mass is 10.1. The second kappa shape index (κ2) is 8.32. The van der Waals surface area contributed by atoms with E-state index < -0.39 is 34.4 Å². The van der Waals surface area contributed by atoms with Crippen molar-refractivity contribution < 1.29 is 23.1 Å². The maximum absolute atomic E-state index is 14.8. The molecule has 1 aliphatic rings. The van der Waals surface area contributed by atoms with Crippen molar-refractivity contribution in [1.29, 1.82) is 0 Å². The SMILES string of the molecule is CN(C)C1CN(c2nc3c(cc2F)c(=O)c(C(=O)O)cn3-c2cc(N)c(F)cc2F)C1.Cl. The van der Waals surface area contributed by atoms with Gasteiger partial charge >= 0.3 is 5.97 Å². The lowest BCUT2D eigenvalue weighted by Crippen LogP contribution is -2.58. The van der Waals surface area contributed by atoms with E-state index in [1.165, 1.54) is 0 Å². The van der Waals surface area contributed by atoms with Crippen molar-refractivity contribution in [3.8, 4) is 5.69 Å². The second-order valence-electron chi connectivity index (χ2n) is 7.56. The summed E-state index contributed by atoms with van der Waals surface area (Å²) in [6, 6.07) is 2.56. The van der Waals surface area contributed by atoms with Gasteiger partial charge in [0.2, 0.25) is 5.43 Å². The minimum atomic E-state index is -1.59. The Hall–Kier alpha value is -3.31. The lowest BCUT2D eigenvalue weighted by Gasteiger charge is -2.43. The molecule has 4 rings (SSSR count). The van der Waals surface area contributed by atoms with Gasteiger partial charge in [-0.1, -0.05) is 0 Å². The van der Waals surface area contributed by atoms with Crippen LogP contribution in [0.2, 0.25) is 0 Å². The molecule has 3 aromatic rings. The van der Waals surface area contributed by atoms with E-state index in [0.29, 0.717) is 19.2 Å². The molecule has 32 heavy (non-hydrogen) atoms. The molecule has 0 unspecified atom stereocenters. The van der Waals surface area contributed by atoms with E-state index in [0.717, 1.165) is 22.9 Å². The Morgan fingerprint density at radius 2 is 1.81 bits per heavy atom. The molecule has 0 atom stereocenters. The van der Waals surface area contributed by atoms with Gasteiger partial charge in [-0.2, -0.15) is 0 Å². The van der Waals surface area contributed by atoms with Crippen molar-refractivity contribution in [3.63, 3.8) is 0 Å². The van der Waals surface area contributed by atoms with Crippen molar-refractivity contribution in [2.24, 2.45) is 0 Å². The molecule has 0 radical (unpaired) electrons. The summed E-state index contributed by atoms with van der Waals surface area (Å²) in [7, 11) is 3.78. The zero-order valence-electron chi connectivity index (χ0n) is 17.0. The monoisotopic (exact) mass is 469 g/mol. The normalized spacial score (nSPS) is 13.9. The van der Waals surface area contributed by atoms with E-state index >= 15 is 0 Å². The predicted octanol–water partition coefficient (Wildman–Crippen LogP) is 2.26. The molecule has 3 heterocycles. The fraction of sp³-hybridized carbons (Fsp3) is 0.250. The van der Waals surface area contributed by atoms with Crippen molar-refractivity contribution in [1.82, 2.24) is 14.5 Å².